The van der Waals surface area contributed by atoms with Crippen molar-refractivity contribution in [1.82, 2.24) is 4.90 Å². The minimum Gasteiger partial charge on any atom is -0.379 e. The lowest BCUT2D eigenvalue weighted by atomic mass is 9.83. The van der Waals surface area contributed by atoms with Gasteiger partial charge in [0.15, 0.2) is 0 Å². The molecule has 0 N–H and O–H groups in total. The average molecular weight is 275 g/mol. The number of nitrogens with zero attached hydrogens (tertiary/aromatic N) is 1. The Bertz CT molecular complexity index is 356. The van der Waals surface area contributed by atoms with Crippen molar-refractivity contribution in [1.29, 1.82) is 0 Å². The molecule has 0 bridgehead atoms. The van der Waals surface area contributed by atoms with Crippen LogP contribution in [0.25, 0.3) is 0 Å². The normalized spacial score (nSPS) is 36.3. The molecule has 2 fully saturated rings. The maximum absolute atomic E-state index is 13.7. The zero-order valence-corrected chi connectivity index (χ0v) is 13.0. The molecule has 0 aromatic heterocycles. The van der Waals surface area contributed by atoms with Gasteiger partial charge in [0.2, 0.25) is 0 Å². The van der Waals surface area contributed by atoms with Crippen LogP contribution in [0.2, 0.25) is 0 Å². The molecular weight excluding hydrogens is 248 g/mol. The highest BCUT2D eigenvalue weighted by molar-refractivity contribution is 5.14. The fourth-order valence-corrected chi connectivity index (χ4v) is 3.07. The van der Waals surface area contributed by atoms with Gasteiger partial charge in [-0.2, -0.15) is 0 Å². The third kappa shape index (κ3) is 2.66. The molecule has 0 radical (unpaired) electrons. The Morgan fingerprint density at radius 1 is 1.11 bits per heavy atom. The quantitative estimate of drug-likeness (QED) is 0.670. The Balaban J connectivity index is 2.29. The maximum atomic E-state index is 13.7. The topological polar surface area (TPSA) is 12.5 Å². The Morgan fingerprint density at radius 3 is 2.00 bits per heavy atom. The summed E-state index contributed by atoms with van der Waals surface area (Å²) >= 11 is 0. The molecule has 2 atom stereocenters. The summed E-state index contributed by atoms with van der Waals surface area (Å²) in [6.45, 7) is 13.9. The van der Waals surface area contributed by atoms with Gasteiger partial charge in [0, 0.05) is 24.5 Å². The van der Waals surface area contributed by atoms with Gasteiger partial charge in [-0.1, -0.05) is 20.8 Å². The summed E-state index contributed by atoms with van der Waals surface area (Å²) in [5.41, 5.74) is -1.05. The van der Waals surface area contributed by atoms with Crippen LogP contribution in [0.5, 0.6) is 0 Å². The van der Waals surface area contributed by atoms with Gasteiger partial charge < -0.3 is 4.74 Å². The van der Waals surface area contributed by atoms with E-state index in [0.717, 1.165) is 0 Å². The molecule has 0 aromatic carbocycles. The summed E-state index contributed by atoms with van der Waals surface area (Å²) in [6, 6.07) is 0.170. The first-order valence-electron chi connectivity index (χ1n) is 7.11. The molecule has 1 spiro atoms. The smallest absolute Gasteiger partial charge is 0.258 e. The summed E-state index contributed by atoms with van der Waals surface area (Å²) < 4.78 is 33.1. The molecule has 2 aliphatic rings. The van der Waals surface area contributed by atoms with Gasteiger partial charge in [-0.15, -0.1) is 0 Å². The molecule has 0 amide bonds. The third-order valence-corrected chi connectivity index (χ3v) is 4.58. The standard InChI is InChI=1S/C15H27F2NO/c1-12(2,3)11-7-19-10-14(8-15(14,16)17)9-18(11)13(4,5)6/h11H,7-10H2,1-6H3. The molecule has 1 heterocycles. The zero-order valence-electron chi connectivity index (χ0n) is 13.0. The average Bonchev–Trinajstić information content (AvgIpc) is 2.77. The molecule has 2 nitrogen and oxygen atoms in total. The first kappa shape index (κ1) is 15.2. The maximum Gasteiger partial charge on any atom is 0.258 e. The summed E-state index contributed by atoms with van der Waals surface area (Å²) in [7, 11) is 0. The van der Waals surface area contributed by atoms with Crippen molar-refractivity contribution in [3.05, 3.63) is 0 Å². The van der Waals surface area contributed by atoms with Gasteiger partial charge in [-0.25, -0.2) is 8.78 Å². The second-order valence-electron chi connectivity index (χ2n) is 8.36. The van der Waals surface area contributed by atoms with Gasteiger partial charge in [0.25, 0.3) is 5.92 Å². The van der Waals surface area contributed by atoms with Crippen LogP contribution in [0.1, 0.15) is 48.0 Å². The van der Waals surface area contributed by atoms with E-state index in [1.54, 1.807) is 0 Å². The van der Waals surface area contributed by atoms with Crippen molar-refractivity contribution in [3.8, 4) is 0 Å². The molecule has 19 heavy (non-hydrogen) atoms. The van der Waals surface area contributed by atoms with E-state index in [-0.39, 0.29) is 30.0 Å². The van der Waals surface area contributed by atoms with Gasteiger partial charge in [-0.3, -0.25) is 4.90 Å². The van der Waals surface area contributed by atoms with Gasteiger partial charge in [0.1, 0.15) is 0 Å². The van der Waals surface area contributed by atoms with Gasteiger partial charge in [-0.05, 0) is 26.2 Å². The van der Waals surface area contributed by atoms with Crippen molar-refractivity contribution in [3.63, 3.8) is 0 Å². The number of hydrogen-bond donors (Lipinski definition) is 0. The Hall–Kier alpha value is -0.220. The molecule has 112 valence electrons. The minimum absolute atomic E-state index is 0.0169. The van der Waals surface area contributed by atoms with Crippen molar-refractivity contribution in [2.24, 2.45) is 10.8 Å². The lowest BCUT2D eigenvalue weighted by molar-refractivity contribution is -0.00890. The van der Waals surface area contributed by atoms with E-state index in [1.807, 2.05) is 0 Å². The number of alkyl halides is 2. The lowest BCUT2D eigenvalue weighted by Gasteiger charge is -2.46. The van der Waals surface area contributed by atoms with Crippen LogP contribution >= 0.6 is 0 Å². The van der Waals surface area contributed by atoms with E-state index >= 15 is 0 Å². The van der Waals surface area contributed by atoms with Crippen LogP contribution in [0.3, 0.4) is 0 Å². The molecule has 2 rings (SSSR count). The zero-order chi connectivity index (χ0) is 14.7. The Kier molecular flexibility index (Phi) is 3.31. The molecule has 1 aliphatic carbocycles. The Labute approximate surface area is 115 Å². The van der Waals surface area contributed by atoms with E-state index in [0.29, 0.717) is 13.2 Å². The third-order valence-electron chi connectivity index (χ3n) is 4.58. The molecule has 4 heteroatoms. The summed E-state index contributed by atoms with van der Waals surface area (Å²) in [5, 5.41) is 0. The fraction of sp³-hybridized carbons (Fsp3) is 1.00. The molecule has 0 aromatic rings. The van der Waals surface area contributed by atoms with Gasteiger partial charge in [0.05, 0.1) is 18.6 Å². The number of ether oxygens (including phenoxy) is 1. The molecule has 1 aliphatic heterocycles. The SMILES string of the molecule is CC(C)(C)C1COCC2(CN1C(C)(C)C)CC2(F)F. The Morgan fingerprint density at radius 2 is 1.63 bits per heavy atom. The highest BCUT2D eigenvalue weighted by atomic mass is 19.3. The summed E-state index contributed by atoms with van der Waals surface area (Å²) in [5.74, 6) is -2.55. The predicted molar refractivity (Wildman–Crippen MR) is 72.5 cm³/mol. The van der Waals surface area contributed by atoms with E-state index in [9.17, 15) is 8.78 Å². The second-order valence-corrected chi connectivity index (χ2v) is 8.36. The summed E-state index contributed by atoms with van der Waals surface area (Å²) in [4.78, 5) is 2.24. The first-order valence-corrected chi connectivity index (χ1v) is 7.11. The fourth-order valence-electron chi connectivity index (χ4n) is 3.07. The molecule has 1 saturated heterocycles. The van der Waals surface area contributed by atoms with Crippen molar-refractivity contribution in [2.45, 2.75) is 65.5 Å². The van der Waals surface area contributed by atoms with Crippen LogP contribution in [0.4, 0.5) is 8.78 Å². The number of halogens is 2. The van der Waals surface area contributed by atoms with Crippen LogP contribution in [-0.2, 0) is 4.74 Å². The van der Waals surface area contributed by atoms with Gasteiger partial charge >= 0.3 is 0 Å². The van der Waals surface area contributed by atoms with Crippen molar-refractivity contribution in [2.75, 3.05) is 19.8 Å². The molecular formula is C15H27F2NO. The monoisotopic (exact) mass is 275 g/mol. The van der Waals surface area contributed by atoms with E-state index < -0.39 is 11.3 Å². The highest BCUT2D eigenvalue weighted by Crippen LogP contribution is 2.62. The predicted octanol–water partition coefficient (Wildman–Crippen LogP) is 3.56. The minimum atomic E-state index is -2.55. The number of hydrogen-bond acceptors (Lipinski definition) is 2. The van der Waals surface area contributed by atoms with Crippen molar-refractivity contribution < 1.29 is 13.5 Å². The number of rotatable bonds is 0. The largest absolute Gasteiger partial charge is 0.379 e. The van der Waals surface area contributed by atoms with Crippen molar-refractivity contribution >= 4 is 0 Å². The second kappa shape index (κ2) is 4.14. The van der Waals surface area contributed by atoms with E-state index in [4.69, 9.17) is 4.74 Å². The van der Waals surface area contributed by atoms with Crippen LogP contribution in [0, 0.1) is 10.8 Å². The van der Waals surface area contributed by atoms with E-state index in [1.165, 1.54) is 0 Å². The van der Waals surface area contributed by atoms with Crippen LogP contribution in [-0.4, -0.2) is 42.2 Å². The molecule has 2 unspecified atom stereocenters. The van der Waals surface area contributed by atoms with Crippen LogP contribution in [0.15, 0.2) is 0 Å². The van der Waals surface area contributed by atoms with Crippen LogP contribution < -0.4 is 0 Å². The summed E-state index contributed by atoms with van der Waals surface area (Å²) in [6.07, 6.45) is -0.0244. The van der Waals surface area contributed by atoms with E-state index in [2.05, 4.69) is 46.4 Å². The lowest BCUT2D eigenvalue weighted by Crippen LogP contribution is -2.56. The molecule has 1 saturated carbocycles. The highest BCUT2D eigenvalue weighted by Gasteiger charge is 2.72. The first-order chi connectivity index (χ1) is 8.39.